The van der Waals surface area contributed by atoms with Gasteiger partial charge in [-0.25, -0.2) is 0 Å². The van der Waals surface area contributed by atoms with Crippen molar-refractivity contribution in [2.24, 2.45) is 0 Å². The van der Waals surface area contributed by atoms with Crippen molar-refractivity contribution < 1.29 is 14.3 Å². The fraction of sp³-hybridized carbons (Fsp3) is 0.250. The Morgan fingerprint density at radius 2 is 1.75 bits per heavy atom. The number of carbonyl (C=O) groups excluding carboxylic acids is 1. The Bertz CT molecular complexity index is 763. The van der Waals surface area contributed by atoms with Crippen LogP contribution in [0.15, 0.2) is 66.0 Å². The van der Waals surface area contributed by atoms with Crippen LogP contribution in [0.1, 0.15) is 22.3 Å². The number of hydrogen-bond acceptors (Lipinski definition) is 3. The highest BCUT2D eigenvalue weighted by Gasteiger charge is 2.19. The molecule has 2 aliphatic heterocycles. The van der Waals surface area contributed by atoms with E-state index < -0.39 is 0 Å². The Hall–Kier alpha value is -2.59. The molecule has 1 aliphatic carbocycles. The molecule has 3 aliphatic rings. The largest absolute Gasteiger partial charge is 0.456 e. The van der Waals surface area contributed by atoms with E-state index in [1.54, 1.807) is 0 Å². The third-order valence-electron chi connectivity index (χ3n) is 4.41. The molecule has 2 heterocycles. The topological polar surface area (TPSA) is 38.8 Å². The zero-order valence-corrected chi connectivity index (χ0v) is 13.4. The normalized spacial score (nSPS) is 19.7. The van der Waals surface area contributed by atoms with Gasteiger partial charge in [-0.15, -0.1) is 0 Å². The minimum Gasteiger partial charge on any atom is -0.456 e. The maximum absolute atomic E-state index is 12.5. The van der Waals surface area contributed by atoms with Gasteiger partial charge in [0.1, 0.15) is 11.5 Å². The summed E-state index contributed by atoms with van der Waals surface area (Å²) in [5.41, 5.74) is 2.87. The fourth-order valence-electron chi connectivity index (χ4n) is 3.02. The SMILES string of the molecule is O=C(c1ccc(C2=CC=C3CC=CC=C3O2)cc1)N1CCOCC1. The molecule has 4 nitrogen and oxygen atoms in total. The van der Waals surface area contributed by atoms with Gasteiger partial charge in [0.2, 0.25) is 0 Å². The molecule has 0 saturated carbocycles. The second-order valence-electron chi connectivity index (χ2n) is 5.97. The van der Waals surface area contributed by atoms with Crippen molar-refractivity contribution in [3.63, 3.8) is 0 Å². The Morgan fingerprint density at radius 3 is 2.54 bits per heavy atom. The molecule has 0 aromatic heterocycles. The number of ether oxygens (including phenoxy) is 2. The lowest BCUT2D eigenvalue weighted by molar-refractivity contribution is 0.0303. The second kappa shape index (κ2) is 6.49. The zero-order chi connectivity index (χ0) is 16.4. The summed E-state index contributed by atoms with van der Waals surface area (Å²) in [6.45, 7) is 2.54. The van der Waals surface area contributed by atoms with Gasteiger partial charge in [0.05, 0.1) is 13.2 Å². The smallest absolute Gasteiger partial charge is 0.254 e. The zero-order valence-electron chi connectivity index (χ0n) is 13.4. The Labute approximate surface area is 141 Å². The molecule has 4 heteroatoms. The van der Waals surface area contributed by atoms with Crippen LogP contribution in [0.4, 0.5) is 0 Å². The van der Waals surface area contributed by atoms with Gasteiger partial charge in [-0.2, -0.15) is 0 Å². The predicted molar refractivity (Wildman–Crippen MR) is 92.1 cm³/mol. The molecular weight excluding hydrogens is 302 g/mol. The summed E-state index contributed by atoms with van der Waals surface area (Å²) in [7, 11) is 0. The quantitative estimate of drug-likeness (QED) is 0.839. The highest BCUT2D eigenvalue weighted by Crippen LogP contribution is 2.31. The summed E-state index contributed by atoms with van der Waals surface area (Å²) in [6.07, 6.45) is 11.1. The Morgan fingerprint density at radius 1 is 0.958 bits per heavy atom. The van der Waals surface area contributed by atoms with Crippen LogP contribution in [0.2, 0.25) is 0 Å². The van der Waals surface area contributed by atoms with Gasteiger partial charge < -0.3 is 14.4 Å². The molecule has 1 aromatic rings. The first-order valence-corrected chi connectivity index (χ1v) is 8.24. The maximum atomic E-state index is 12.5. The monoisotopic (exact) mass is 321 g/mol. The molecule has 0 atom stereocenters. The third-order valence-corrected chi connectivity index (χ3v) is 4.41. The Balaban J connectivity index is 1.51. The van der Waals surface area contributed by atoms with Crippen molar-refractivity contribution in [3.05, 3.63) is 77.1 Å². The van der Waals surface area contributed by atoms with E-state index in [0.29, 0.717) is 31.9 Å². The average Bonchev–Trinajstić information content (AvgIpc) is 2.68. The van der Waals surface area contributed by atoms with E-state index in [-0.39, 0.29) is 5.91 Å². The van der Waals surface area contributed by atoms with Gasteiger partial charge in [-0.1, -0.05) is 30.4 Å². The van der Waals surface area contributed by atoms with Crippen molar-refractivity contribution in [1.82, 2.24) is 4.90 Å². The van der Waals surface area contributed by atoms with Gasteiger partial charge in [-0.05, 0) is 36.3 Å². The molecule has 0 N–H and O–H groups in total. The predicted octanol–water partition coefficient (Wildman–Crippen LogP) is 3.30. The van der Waals surface area contributed by atoms with Gasteiger partial charge in [0.25, 0.3) is 5.91 Å². The van der Waals surface area contributed by atoms with Crippen LogP contribution >= 0.6 is 0 Å². The molecule has 0 bridgehead atoms. The van der Waals surface area contributed by atoms with Crippen LogP contribution in [0, 0.1) is 0 Å². The van der Waals surface area contributed by atoms with Crippen LogP contribution in [0.5, 0.6) is 0 Å². The molecule has 1 amide bonds. The Kier molecular flexibility index (Phi) is 4.05. The number of benzene rings is 1. The van der Waals surface area contributed by atoms with Crippen molar-refractivity contribution in [3.8, 4) is 0 Å². The van der Waals surface area contributed by atoms with Gasteiger partial charge in [0, 0.05) is 24.2 Å². The molecule has 1 fully saturated rings. The maximum Gasteiger partial charge on any atom is 0.254 e. The molecule has 0 radical (unpaired) electrons. The number of nitrogens with zero attached hydrogens (tertiary/aromatic N) is 1. The highest BCUT2D eigenvalue weighted by molar-refractivity contribution is 5.94. The standard InChI is InChI=1S/C20H19NO3/c22-20(21-11-13-23-14-12-21)17-7-5-16(6-8-17)19-10-9-15-3-1-2-4-18(15)24-19/h1-2,4-10H,3,11-14H2. The van der Waals surface area contributed by atoms with Crippen LogP contribution in [0.3, 0.4) is 0 Å². The molecule has 0 unspecified atom stereocenters. The lowest BCUT2D eigenvalue weighted by Gasteiger charge is -2.27. The van der Waals surface area contributed by atoms with Gasteiger partial charge >= 0.3 is 0 Å². The van der Waals surface area contributed by atoms with E-state index in [9.17, 15) is 4.79 Å². The van der Waals surface area contributed by atoms with Crippen LogP contribution in [0.25, 0.3) is 5.76 Å². The fourth-order valence-corrected chi connectivity index (χ4v) is 3.02. The first-order chi connectivity index (χ1) is 11.8. The summed E-state index contributed by atoms with van der Waals surface area (Å²) in [6, 6.07) is 7.62. The number of rotatable bonds is 2. The van der Waals surface area contributed by atoms with Crippen LogP contribution < -0.4 is 0 Å². The number of fused-ring (bicyclic) bond motifs is 1. The number of allylic oxidation sites excluding steroid dienone is 6. The molecule has 122 valence electrons. The van der Waals surface area contributed by atoms with Crippen molar-refractivity contribution >= 4 is 11.7 Å². The van der Waals surface area contributed by atoms with E-state index in [0.717, 1.165) is 23.5 Å². The first kappa shape index (κ1) is 15.0. The average molecular weight is 321 g/mol. The lowest BCUT2D eigenvalue weighted by Crippen LogP contribution is -2.40. The number of amides is 1. The molecular formula is C20H19NO3. The van der Waals surface area contributed by atoms with Crippen molar-refractivity contribution in [1.29, 1.82) is 0 Å². The summed E-state index contributed by atoms with van der Waals surface area (Å²) in [5, 5.41) is 0. The molecule has 24 heavy (non-hydrogen) atoms. The van der Waals surface area contributed by atoms with Gasteiger partial charge in [-0.3, -0.25) is 4.79 Å². The first-order valence-electron chi connectivity index (χ1n) is 8.24. The summed E-state index contributed by atoms with van der Waals surface area (Å²) >= 11 is 0. The van der Waals surface area contributed by atoms with Crippen molar-refractivity contribution in [2.75, 3.05) is 26.3 Å². The van der Waals surface area contributed by atoms with Crippen LogP contribution in [-0.4, -0.2) is 37.1 Å². The minimum absolute atomic E-state index is 0.0608. The minimum atomic E-state index is 0.0608. The van der Waals surface area contributed by atoms with E-state index in [2.05, 4.69) is 12.2 Å². The number of hydrogen-bond donors (Lipinski definition) is 0. The van der Waals surface area contributed by atoms with E-state index >= 15 is 0 Å². The second-order valence-corrected chi connectivity index (χ2v) is 5.97. The molecule has 1 aromatic carbocycles. The highest BCUT2D eigenvalue weighted by atomic mass is 16.5. The molecule has 0 spiro atoms. The van der Waals surface area contributed by atoms with E-state index in [1.807, 2.05) is 47.4 Å². The summed E-state index contributed by atoms with van der Waals surface area (Å²) in [4.78, 5) is 14.3. The lowest BCUT2D eigenvalue weighted by atomic mass is 10.0. The number of carbonyl (C=O) groups is 1. The van der Waals surface area contributed by atoms with E-state index in [4.69, 9.17) is 9.47 Å². The van der Waals surface area contributed by atoms with Crippen molar-refractivity contribution in [2.45, 2.75) is 6.42 Å². The molecule has 1 saturated heterocycles. The third kappa shape index (κ3) is 2.93. The number of morpholine rings is 1. The van der Waals surface area contributed by atoms with Gasteiger partial charge in [0.15, 0.2) is 0 Å². The van der Waals surface area contributed by atoms with Crippen LogP contribution in [-0.2, 0) is 9.47 Å². The molecule has 4 rings (SSSR count). The summed E-state index contributed by atoms with van der Waals surface area (Å²) in [5.74, 6) is 1.78. The van der Waals surface area contributed by atoms with E-state index in [1.165, 1.54) is 5.57 Å². The summed E-state index contributed by atoms with van der Waals surface area (Å²) < 4.78 is 11.3.